The van der Waals surface area contributed by atoms with E-state index in [1.165, 1.54) is 47.4 Å². The maximum Gasteiger partial charge on any atom is 0.416 e. The normalized spacial score (nSPS) is 12.4. The molecular formula is C28H22F5NO3S2. The monoisotopic (exact) mass is 579 g/mol. The van der Waals surface area contributed by atoms with Crippen molar-refractivity contribution in [2.24, 2.45) is 0 Å². The third-order valence-corrected chi connectivity index (χ3v) is 8.46. The van der Waals surface area contributed by atoms with Gasteiger partial charge in [-0.3, -0.25) is 0 Å². The molecule has 0 saturated heterocycles. The fourth-order valence-corrected chi connectivity index (χ4v) is 6.47. The number of carboxylic acid groups (broad SMARTS) is 1. The van der Waals surface area contributed by atoms with Crippen LogP contribution in [0, 0.1) is 25.5 Å². The first kappa shape index (κ1) is 28.6. The van der Waals surface area contributed by atoms with E-state index < -0.39 is 36.0 Å². The highest BCUT2D eigenvalue weighted by Crippen LogP contribution is 2.44. The molecule has 1 N–H and O–H groups in total. The lowest BCUT2D eigenvalue weighted by atomic mass is 10.1. The summed E-state index contributed by atoms with van der Waals surface area (Å²) in [6, 6.07) is 13.4. The van der Waals surface area contributed by atoms with Crippen molar-refractivity contribution < 1.29 is 36.6 Å². The van der Waals surface area contributed by atoms with Crippen LogP contribution in [0.25, 0.3) is 10.6 Å². The Kier molecular flexibility index (Phi) is 8.60. The van der Waals surface area contributed by atoms with Crippen molar-refractivity contribution >= 4 is 29.1 Å². The highest BCUT2D eigenvalue weighted by atomic mass is 32.2. The van der Waals surface area contributed by atoms with Crippen molar-refractivity contribution in [3.05, 3.63) is 99.6 Å². The second kappa shape index (κ2) is 11.7. The maximum atomic E-state index is 14.6. The minimum Gasteiger partial charge on any atom is -0.482 e. The number of benzene rings is 3. The molecule has 0 saturated carbocycles. The fraction of sp³-hybridized carbons (Fsp3) is 0.214. The van der Waals surface area contributed by atoms with Crippen LogP contribution in [-0.4, -0.2) is 22.7 Å². The molecule has 0 bridgehead atoms. The summed E-state index contributed by atoms with van der Waals surface area (Å²) < 4.78 is 72.4. The van der Waals surface area contributed by atoms with Gasteiger partial charge in [0.25, 0.3) is 0 Å². The molecule has 204 valence electrons. The number of carboxylic acids is 1. The van der Waals surface area contributed by atoms with Crippen LogP contribution in [0.5, 0.6) is 5.75 Å². The molecule has 39 heavy (non-hydrogen) atoms. The average Bonchev–Trinajstić information content (AvgIpc) is 3.25. The van der Waals surface area contributed by atoms with Crippen molar-refractivity contribution in [3.8, 4) is 16.3 Å². The molecule has 0 radical (unpaired) electrons. The number of aromatic nitrogens is 1. The Balaban J connectivity index is 1.67. The molecule has 4 rings (SSSR count). The lowest BCUT2D eigenvalue weighted by Crippen LogP contribution is -2.10. The molecule has 0 spiro atoms. The number of alkyl halides is 3. The fourth-order valence-electron chi connectivity index (χ4n) is 3.87. The number of thioether (sulfide) groups is 1. The van der Waals surface area contributed by atoms with Crippen molar-refractivity contribution in [2.75, 3.05) is 6.61 Å². The summed E-state index contributed by atoms with van der Waals surface area (Å²) in [5.74, 6) is -2.05. The summed E-state index contributed by atoms with van der Waals surface area (Å²) in [6.45, 7) is 3.07. The molecule has 0 aliphatic carbocycles. The van der Waals surface area contributed by atoms with Crippen molar-refractivity contribution in [1.82, 2.24) is 4.98 Å². The molecule has 0 aliphatic rings. The molecule has 0 aliphatic heterocycles. The predicted octanol–water partition coefficient (Wildman–Crippen LogP) is 8.26. The van der Waals surface area contributed by atoms with E-state index in [1.807, 2.05) is 6.07 Å². The molecule has 0 fully saturated rings. The molecule has 1 unspecified atom stereocenters. The number of carbonyl (C=O) groups is 1. The van der Waals surface area contributed by atoms with E-state index in [-0.39, 0.29) is 11.7 Å². The number of hydrogen-bond acceptors (Lipinski definition) is 5. The first-order valence-corrected chi connectivity index (χ1v) is 13.3. The van der Waals surface area contributed by atoms with Gasteiger partial charge in [-0.05, 0) is 67.8 Å². The molecule has 0 amide bonds. The van der Waals surface area contributed by atoms with Gasteiger partial charge >= 0.3 is 12.1 Å². The highest BCUT2D eigenvalue weighted by molar-refractivity contribution is 7.99. The van der Waals surface area contributed by atoms with Crippen LogP contribution in [0.15, 0.2) is 65.6 Å². The number of nitrogens with zero attached hydrogens (tertiary/aromatic N) is 1. The van der Waals surface area contributed by atoms with Gasteiger partial charge < -0.3 is 9.84 Å². The van der Waals surface area contributed by atoms with Crippen LogP contribution in [0.3, 0.4) is 0 Å². The highest BCUT2D eigenvalue weighted by Gasteiger charge is 2.30. The number of hydrogen-bond donors (Lipinski definition) is 1. The first-order valence-electron chi connectivity index (χ1n) is 11.6. The summed E-state index contributed by atoms with van der Waals surface area (Å²) in [5.41, 5.74) is 1.42. The van der Waals surface area contributed by atoms with Crippen LogP contribution < -0.4 is 4.74 Å². The Labute approximate surface area is 229 Å². The van der Waals surface area contributed by atoms with Gasteiger partial charge in [0.05, 0.1) is 11.3 Å². The topological polar surface area (TPSA) is 59.4 Å². The van der Waals surface area contributed by atoms with Crippen LogP contribution in [0.4, 0.5) is 22.0 Å². The molecule has 1 atom stereocenters. The van der Waals surface area contributed by atoms with E-state index in [9.17, 15) is 26.7 Å². The Morgan fingerprint density at radius 2 is 1.77 bits per heavy atom. The zero-order valence-corrected chi connectivity index (χ0v) is 22.3. The van der Waals surface area contributed by atoms with E-state index >= 15 is 0 Å². The van der Waals surface area contributed by atoms with Crippen molar-refractivity contribution in [1.29, 1.82) is 0 Å². The average molecular weight is 580 g/mol. The minimum atomic E-state index is -4.45. The molecule has 4 aromatic rings. The molecule has 11 heteroatoms. The standard InChI is InChI=1S/C28H22F5NO3S2/c1-15-11-21(9-10-23(15)37-14-25(35)36)38-24(12-18-5-8-20(29)13-22(18)30)26-16(2)34-27(39-26)17-3-6-19(7-4-17)28(31,32)33/h3-11,13,24H,12,14H2,1-2H3,(H,35,36). The summed E-state index contributed by atoms with van der Waals surface area (Å²) in [6.07, 6.45) is -4.25. The van der Waals surface area contributed by atoms with E-state index in [4.69, 9.17) is 9.84 Å². The summed E-state index contributed by atoms with van der Waals surface area (Å²) in [5, 5.41) is 9.02. The first-order chi connectivity index (χ1) is 18.4. The van der Waals surface area contributed by atoms with Crippen molar-refractivity contribution in [2.45, 2.75) is 36.6 Å². The third kappa shape index (κ3) is 7.15. The van der Waals surface area contributed by atoms with E-state index in [0.717, 1.165) is 28.0 Å². The van der Waals surface area contributed by atoms with Gasteiger partial charge in [-0.1, -0.05) is 18.2 Å². The number of rotatable bonds is 9. The molecule has 3 aromatic carbocycles. The lowest BCUT2D eigenvalue weighted by molar-refractivity contribution is -0.139. The van der Waals surface area contributed by atoms with Crippen LogP contribution in [0.1, 0.15) is 32.5 Å². The van der Waals surface area contributed by atoms with Gasteiger partial charge in [0.2, 0.25) is 0 Å². The number of aryl methyl sites for hydroxylation is 2. The molecule has 4 nitrogen and oxygen atoms in total. The zero-order valence-electron chi connectivity index (χ0n) is 20.7. The largest absolute Gasteiger partial charge is 0.482 e. The predicted molar refractivity (Wildman–Crippen MR) is 140 cm³/mol. The lowest BCUT2D eigenvalue weighted by Gasteiger charge is -2.18. The Morgan fingerprint density at radius 3 is 2.38 bits per heavy atom. The maximum absolute atomic E-state index is 14.6. The second-order valence-corrected chi connectivity index (χ2v) is 11.0. The van der Waals surface area contributed by atoms with Gasteiger partial charge in [0.15, 0.2) is 6.61 Å². The summed E-state index contributed by atoms with van der Waals surface area (Å²) >= 11 is 2.72. The van der Waals surface area contributed by atoms with Gasteiger partial charge in [0, 0.05) is 26.7 Å². The SMILES string of the molecule is Cc1cc(SC(Cc2ccc(F)cc2F)c2sc(-c3ccc(C(F)(F)F)cc3)nc2C)ccc1OCC(=O)O. The van der Waals surface area contributed by atoms with E-state index in [2.05, 4.69) is 4.98 Å². The number of ether oxygens (including phenoxy) is 1. The van der Waals surface area contributed by atoms with Gasteiger partial charge in [-0.15, -0.1) is 23.1 Å². The van der Waals surface area contributed by atoms with Gasteiger partial charge in [-0.25, -0.2) is 18.6 Å². The van der Waals surface area contributed by atoms with E-state index in [0.29, 0.717) is 33.1 Å². The quantitative estimate of drug-likeness (QED) is 0.160. The summed E-state index contributed by atoms with van der Waals surface area (Å²) in [7, 11) is 0. The van der Waals surface area contributed by atoms with E-state index in [1.54, 1.807) is 26.0 Å². The zero-order chi connectivity index (χ0) is 28.3. The molecule has 1 heterocycles. The third-order valence-electron chi connectivity index (χ3n) is 5.78. The minimum absolute atomic E-state index is 0.197. The second-order valence-electron chi connectivity index (χ2n) is 8.70. The van der Waals surface area contributed by atoms with Crippen LogP contribution in [-0.2, 0) is 17.4 Å². The summed E-state index contributed by atoms with van der Waals surface area (Å²) in [4.78, 5) is 17.0. The van der Waals surface area contributed by atoms with Gasteiger partial charge in [-0.2, -0.15) is 13.2 Å². The Morgan fingerprint density at radius 1 is 1.05 bits per heavy atom. The van der Waals surface area contributed by atoms with Crippen molar-refractivity contribution in [3.63, 3.8) is 0 Å². The Bertz CT molecular complexity index is 1490. The number of thiazole rings is 1. The number of halogens is 5. The van der Waals surface area contributed by atoms with Crippen LogP contribution in [0.2, 0.25) is 0 Å². The van der Waals surface area contributed by atoms with Crippen LogP contribution >= 0.6 is 23.1 Å². The van der Waals surface area contributed by atoms with Gasteiger partial charge in [0.1, 0.15) is 22.4 Å². The smallest absolute Gasteiger partial charge is 0.416 e. The number of aliphatic carboxylic acids is 1. The molecule has 1 aromatic heterocycles. The molecular weight excluding hydrogens is 557 g/mol. The Hall–Kier alpha value is -3.44.